The van der Waals surface area contributed by atoms with E-state index >= 15 is 0 Å². The summed E-state index contributed by atoms with van der Waals surface area (Å²) in [6.07, 6.45) is 0.323. The van der Waals surface area contributed by atoms with E-state index in [2.05, 4.69) is 45.6 Å². The number of carbonyl (C=O) groups excluding carboxylic acids is 2. The molecule has 302 valence electrons. The molecule has 0 spiro atoms. The first-order valence-corrected chi connectivity index (χ1v) is 19.2. The standard InChI is InChI=1S/C40H79N3O7S/c1-33(2,3)22-26(31(47)48)35(7,8)36(9,10)27(29(41)45)37(11,12)39(15,16)32(42-23-25(44)24-50-20-19-21-51)40(17,18)38(13,14)28(30(46)43-49)34(4,5)6/h25-28,32,42,44,49,51H,19-24H2,1-18H3,(H2,41,45)(H,43,46)(H,47,48). The van der Waals surface area contributed by atoms with E-state index < -0.39 is 85.6 Å². The van der Waals surface area contributed by atoms with Crippen LogP contribution < -0.4 is 16.5 Å². The van der Waals surface area contributed by atoms with Crippen molar-refractivity contribution in [3.63, 3.8) is 0 Å². The molecule has 0 aliphatic heterocycles. The predicted octanol–water partition coefficient (Wildman–Crippen LogP) is 7.21. The number of rotatable bonds is 21. The number of aliphatic hydroxyl groups excluding tert-OH is 1. The van der Waals surface area contributed by atoms with Crippen LogP contribution in [0, 0.1) is 61.1 Å². The first kappa shape index (κ1) is 49.6. The van der Waals surface area contributed by atoms with Crippen molar-refractivity contribution in [3.05, 3.63) is 0 Å². The van der Waals surface area contributed by atoms with Gasteiger partial charge < -0.3 is 26.0 Å². The number of carbonyl (C=O) groups is 3. The Balaban J connectivity index is 7.69. The highest BCUT2D eigenvalue weighted by atomic mass is 32.1. The average Bonchev–Trinajstić information content (AvgIpc) is 2.91. The molecule has 0 fully saturated rings. The molecule has 0 radical (unpaired) electrons. The van der Waals surface area contributed by atoms with Gasteiger partial charge in [-0.05, 0) is 61.9 Å². The fourth-order valence-corrected chi connectivity index (χ4v) is 9.29. The van der Waals surface area contributed by atoms with Crippen molar-refractivity contribution in [2.45, 2.75) is 150 Å². The Morgan fingerprint density at radius 2 is 1.16 bits per heavy atom. The van der Waals surface area contributed by atoms with E-state index in [1.165, 1.54) is 0 Å². The molecule has 11 heteroatoms. The van der Waals surface area contributed by atoms with E-state index in [0.29, 0.717) is 18.8 Å². The maximum Gasteiger partial charge on any atom is 0.307 e. The van der Waals surface area contributed by atoms with Crippen molar-refractivity contribution in [1.82, 2.24) is 10.8 Å². The van der Waals surface area contributed by atoms with Crippen LogP contribution in [0.4, 0.5) is 0 Å². The molecule has 10 nitrogen and oxygen atoms in total. The number of nitrogens with one attached hydrogen (secondary N) is 2. The summed E-state index contributed by atoms with van der Waals surface area (Å²) in [5.74, 6) is -3.48. The lowest BCUT2D eigenvalue weighted by Gasteiger charge is -2.63. The van der Waals surface area contributed by atoms with E-state index in [9.17, 15) is 29.8 Å². The fourth-order valence-electron chi connectivity index (χ4n) is 9.17. The van der Waals surface area contributed by atoms with Gasteiger partial charge in [0.25, 0.3) is 0 Å². The van der Waals surface area contributed by atoms with Gasteiger partial charge in [-0.2, -0.15) is 12.6 Å². The van der Waals surface area contributed by atoms with Gasteiger partial charge in [0.1, 0.15) is 0 Å². The normalized spacial score (nSPS) is 17.4. The molecule has 7 N–H and O–H groups in total. The maximum atomic E-state index is 14.0. The molecule has 5 unspecified atom stereocenters. The second-order valence-electron chi connectivity index (χ2n) is 20.7. The van der Waals surface area contributed by atoms with Crippen LogP contribution >= 0.6 is 12.6 Å². The largest absolute Gasteiger partial charge is 0.481 e. The SMILES string of the molecule is CC(C)(C)CC(C(=O)O)C(C)(C)C(C)(C)C(C(N)=O)C(C)(C)C(C)(C)C(NCC(O)COCCCS)C(C)(C)C(C)(C)C(C(=O)NO)C(C)(C)C. The number of primary amides is 1. The molecule has 0 aliphatic carbocycles. The zero-order valence-corrected chi connectivity index (χ0v) is 36.5. The summed E-state index contributed by atoms with van der Waals surface area (Å²) in [7, 11) is 0. The van der Waals surface area contributed by atoms with E-state index in [-0.39, 0.29) is 18.6 Å². The number of amides is 2. The summed E-state index contributed by atoms with van der Waals surface area (Å²) in [5.41, 5.74) is 2.49. The second-order valence-corrected chi connectivity index (χ2v) is 21.2. The molecule has 0 saturated heterocycles. The number of thiol groups is 1. The Labute approximate surface area is 317 Å². The van der Waals surface area contributed by atoms with Crippen molar-refractivity contribution in [3.8, 4) is 0 Å². The van der Waals surface area contributed by atoms with Gasteiger partial charge in [-0.25, -0.2) is 5.48 Å². The summed E-state index contributed by atoms with van der Waals surface area (Å²) in [6.45, 7) is 37.0. The van der Waals surface area contributed by atoms with Crippen molar-refractivity contribution in [2.75, 3.05) is 25.5 Å². The second kappa shape index (κ2) is 17.4. The lowest BCUT2D eigenvalue weighted by Crippen LogP contribution is -2.67. The molecular formula is C40H79N3O7S. The first-order valence-electron chi connectivity index (χ1n) is 18.6. The number of carboxylic acid groups (broad SMARTS) is 1. The summed E-state index contributed by atoms with van der Waals surface area (Å²) in [4.78, 5) is 40.3. The van der Waals surface area contributed by atoms with Crippen LogP contribution in [0.2, 0.25) is 0 Å². The zero-order valence-electron chi connectivity index (χ0n) is 35.6. The first-order chi connectivity index (χ1) is 22.5. The third kappa shape index (κ3) is 11.1. The van der Waals surface area contributed by atoms with Gasteiger partial charge in [-0.1, -0.05) is 125 Å². The van der Waals surface area contributed by atoms with Gasteiger partial charge in [0.05, 0.1) is 24.5 Å². The van der Waals surface area contributed by atoms with Crippen LogP contribution in [0.3, 0.4) is 0 Å². The summed E-state index contributed by atoms with van der Waals surface area (Å²) in [5, 5.41) is 35.3. The third-order valence-electron chi connectivity index (χ3n) is 13.4. The van der Waals surface area contributed by atoms with E-state index in [1.807, 2.05) is 102 Å². The highest BCUT2D eigenvalue weighted by molar-refractivity contribution is 7.80. The number of hydroxylamine groups is 1. The van der Waals surface area contributed by atoms with Gasteiger partial charge in [0.2, 0.25) is 11.8 Å². The lowest BCUT2D eigenvalue weighted by molar-refractivity contribution is -0.174. The number of ether oxygens (including phenoxy) is 1. The highest BCUT2D eigenvalue weighted by Gasteiger charge is 2.64. The monoisotopic (exact) mass is 746 g/mol. The van der Waals surface area contributed by atoms with E-state index in [0.717, 1.165) is 6.42 Å². The van der Waals surface area contributed by atoms with Crippen LogP contribution in [-0.4, -0.2) is 70.9 Å². The van der Waals surface area contributed by atoms with Crippen LogP contribution in [0.25, 0.3) is 0 Å². The van der Waals surface area contributed by atoms with Gasteiger partial charge >= 0.3 is 5.97 Å². The molecule has 5 atom stereocenters. The molecule has 0 bridgehead atoms. The lowest BCUT2D eigenvalue weighted by atomic mass is 9.42. The minimum Gasteiger partial charge on any atom is -0.481 e. The van der Waals surface area contributed by atoms with Crippen molar-refractivity contribution in [2.24, 2.45) is 66.8 Å². The number of aliphatic hydroxyl groups is 1. The third-order valence-corrected chi connectivity index (χ3v) is 13.7. The molecule has 0 rings (SSSR count). The fraction of sp³-hybridized carbons (Fsp3) is 0.925. The molecule has 51 heavy (non-hydrogen) atoms. The van der Waals surface area contributed by atoms with Gasteiger partial charge in [0.15, 0.2) is 0 Å². The molecule has 0 aromatic heterocycles. The Morgan fingerprint density at radius 1 is 0.725 bits per heavy atom. The number of carboxylic acids is 1. The van der Waals surface area contributed by atoms with Gasteiger partial charge in [-0.15, -0.1) is 0 Å². The average molecular weight is 746 g/mol. The highest BCUT2D eigenvalue weighted by Crippen LogP contribution is 2.64. The Morgan fingerprint density at radius 3 is 1.51 bits per heavy atom. The van der Waals surface area contributed by atoms with Crippen LogP contribution in [0.5, 0.6) is 0 Å². The predicted molar refractivity (Wildman–Crippen MR) is 211 cm³/mol. The van der Waals surface area contributed by atoms with Crippen LogP contribution in [0.15, 0.2) is 0 Å². The molecule has 0 aromatic carbocycles. The van der Waals surface area contributed by atoms with Crippen LogP contribution in [-0.2, 0) is 19.1 Å². The summed E-state index contributed by atoms with van der Waals surface area (Å²) < 4.78 is 5.70. The molecule has 0 aromatic rings. The van der Waals surface area contributed by atoms with Crippen molar-refractivity contribution in [1.29, 1.82) is 0 Å². The quantitative estimate of drug-likeness (QED) is 0.0280. The number of aliphatic carboxylic acids is 1. The maximum absolute atomic E-state index is 14.0. The summed E-state index contributed by atoms with van der Waals surface area (Å²) in [6, 6.07) is -0.468. The van der Waals surface area contributed by atoms with Crippen LogP contribution in [0.1, 0.15) is 137 Å². The number of nitrogens with two attached hydrogens (primary N) is 1. The van der Waals surface area contributed by atoms with Gasteiger partial charge in [-0.3, -0.25) is 19.6 Å². The van der Waals surface area contributed by atoms with Crippen molar-refractivity contribution < 1.29 is 34.5 Å². The minimum absolute atomic E-state index is 0.119. The molecule has 2 amide bonds. The Kier molecular flexibility index (Phi) is 16.9. The zero-order chi connectivity index (χ0) is 41.0. The number of hydrogen-bond acceptors (Lipinski definition) is 8. The topological polar surface area (TPSA) is 171 Å². The molecule has 0 saturated carbocycles. The summed E-state index contributed by atoms with van der Waals surface area (Å²) >= 11 is 4.24. The molecule has 0 aliphatic rings. The van der Waals surface area contributed by atoms with Gasteiger partial charge in [0, 0.05) is 25.1 Å². The van der Waals surface area contributed by atoms with E-state index in [1.54, 1.807) is 0 Å². The molecule has 0 heterocycles. The smallest absolute Gasteiger partial charge is 0.307 e. The van der Waals surface area contributed by atoms with E-state index in [4.69, 9.17) is 10.5 Å². The molecular weight excluding hydrogens is 667 g/mol. The minimum atomic E-state index is -0.914. The number of hydrogen-bond donors (Lipinski definition) is 7. The Hall–Kier alpha value is -1.40. The Bertz CT molecular complexity index is 1170. The van der Waals surface area contributed by atoms with Crippen molar-refractivity contribution >= 4 is 30.4 Å².